The molecule has 46 heavy (non-hydrogen) atoms. The van der Waals surface area contributed by atoms with Crippen molar-refractivity contribution < 1.29 is 27.4 Å². The number of nitrogens with one attached hydrogen (secondary N) is 1. The molecule has 0 aliphatic carbocycles. The Bertz CT molecular complexity index is 1790. The standard InChI is InChI=1S/C35H33F3N4O3S/c1-5-34(2,3)24-11-17-29(18-12-24)45-30-19-13-26(14-20-30)39-31(43)22-46-33-41-40-32(23-9-15-28(44-4)16-10-23)42(33)27-8-6-7-25(21-27)35(36,37)38/h6-21H,5,22H2,1-4H3,(H,39,43). The van der Waals surface area contributed by atoms with Gasteiger partial charge in [0.05, 0.1) is 24.1 Å². The highest BCUT2D eigenvalue weighted by Crippen LogP contribution is 2.34. The third-order valence-corrected chi connectivity index (χ3v) is 8.57. The first-order valence-electron chi connectivity index (χ1n) is 14.6. The van der Waals surface area contributed by atoms with Crippen LogP contribution in [-0.2, 0) is 16.4 Å². The lowest BCUT2D eigenvalue weighted by atomic mass is 9.82. The van der Waals surface area contributed by atoms with Crippen LogP contribution in [0.4, 0.5) is 18.9 Å². The van der Waals surface area contributed by atoms with E-state index in [0.29, 0.717) is 34.3 Å². The fourth-order valence-corrected chi connectivity index (χ4v) is 5.34. The molecule has 1 N–H and O–H groups in total. The summed E-state index contributed by atoms with van der Waals surface area (Å²) >= 11 is 1.06. The lowest BCUT2D eigenvalue weighted by Crippen LogP contribution is -2.15. The fraction of sp³-hybridized carbons (Fsp3) is 0.229. The number of methoxy groups -OCH3 is 1. The summed E-state index contributed by atoms with van der Waals surface area (Å²) in [6.45, 7) is 6.57. The van der Waals surface area contributed by atoms with Crippen LogP contribution in [0.15, 0.2) is 102 Å². The van der Waals surface area contributed by atoms with E-state index in [1.165, 1.54) is 23.3 Å². The summed E-state index contributed by atoms with van der Waals surface area (Å²) in [7, 11) is 1.54. The first-order chi connectivity index (χ1) is 22.0. The molecule has 0 fully saturated rings. The molecule has 0 saturated heterocycles. The number of carbonyl (C=O) groups excluding carboxylic acids is 1. The van der Waals surface area contributed by atoms with Gasteiger partial charge in [-0.2, -0.15) is 13.2 Å². The van der Waals surface area contributed by atoms with Gasteiger partial charge in [0.1, 0.15) is 17.2 Å². The van der Waals surface area contributed by atoms with Gasteiger partial charge in [-0.1, -0.05) is 50.7 Å². The average Bonchev–Trinajstić information content (AvgIpc) is 3.49. The maximum atomic E-state index is 13.6. The quantitative estimate of drug-likeness (QED) is 0.144. The Morgan fingerprint density at radius 1 is 0.848 bits per heavy atom. The Labute approximate surface area is 269 Å². The van der Waals surface area contributed by atoms with E-state index in [0.717, 1.165) is 30.3 Å². The first-order valence-corrected chi connectivity index (χ1v) is 15.5. The third kappa shape index (κ3) is 7.71. The number of amides is 1. The first kappa shape index (κ1) is 32.6. The summed E-state index contributed by atoms with van der Waals surface area (Å²) in [6.07, 6.45) is -3.51. The monoisotopic (exact) mass is 646 g/mol. The molecular formula is C35H33F3N4O3S. The summed E-state index contributed by atoms with van der Waals surface area (Å²) in [5.74, 6) is 1.89. The number of halogens is 3. The summed E-state index contributed by atoms with van der Waals surface area (Å²) in [5, 5.41) is 11.6. The minimum Gasteiger partial charge on any atom is -0.497 e. The van der Waals surface area contributed by atoms with Crippen molar-refractivity contribution >= 4 is 23.4 Å². The second-order valence-electron chi connectivity index (χ2n) is 11.1. The summed E-state index contributed by atoms with van der Waals surface area (Å²) in [4.78, 5) is 12.9. The molecular weight excluding hydrogens is 613 g/mol. The predicted molar refractivity (Wildman–Crippen MR) is 174 cm³/mol. The number of aromatic nitrogens is 3. The smallest absolute Gasteiger partial charge is 0.416 e. The van der Waals surface area contributed by atoms with E-state index in [1.807, 2.05) is 12.1 Å². The van der Waals surface area contributed by atoms with Crippen molar-refractivity contribution in [1.29, 1.82) is 0 Å². The van der Waals surface area contributed by atoms with E-state index in [2.05, 4.69) is 48.4 Å². The summed E-state index contributed by atoms with van der Waals surface area (Å²) < 4.78 is 53.4. The molecule has 5 rings (SSSR count). The number of hydrogen-bond acceptors (Lipinski definition) is 6. The van der Waals surface area contributed by atoms with Gasteiger partial charge >= 0.3 is 6.18 Å². The molecule has 0 radical (unpaired) electrons. The van der Waals surface area contributed by atoms with Crippen molar-refractivity contribution in [2.75, 3.05) is 18.2 Å². The van der Waals surface area contributed by atoms with Crippen LogP contribution < -0.4 is 14.8 Å². The van der Waals surface area contributed by atoms with Crippen LogP contribution in [0.25, 0.3) is 17.1 Å². The predicted octanol–water partition coefficient (Wildman–Crippen LogP) is 9.17. The van der Waals surface area contributed by atoms with E-state index in [9.17, 15) is 18.0 Å². The number of alkyl halides is 3. The molecule has 1 aromatic heterocycles. The topological polar surface area (TPSA) is 78.3 Å². The van der Waals surface area contributed by atoms with Gasteiger partial charge in [-0.25, -0.2) is 0 Å². The molecule has 4 aromatic carbocycles. The van der Waals surface area contributed by atoms with Crippen molar-refractivity contribution in [3.8, 4) is 34.3 Å². The molecule has 0 saturated carbocycles. The van der Waals surface area contributed by atoms with Gasteiger partial charge < -0.3 is 14.8 Å². The van der Waals surface area contributed by atoms with Crippen molar-refractivity contribution in [2.45, 2.75) is 43.9 Å². The van der Waals surface area contributed by atoms with E-state index in [-0.39, 0.29) is 27.9 Å². The Morgan fingerprint density at radius 3 is 2.09 bits per heavy atom. The van der Waals surface area contributed by atoms with Gasteiger partial charge in [-0.05, 0) is 96.3 Å². The largest absolute Gasteiger partial charge is 0.497 e. The summed E-state index contributed by atoms with van der Waals surface area (Å²) in [6, 6.07) is 26.8. The van der Waals surface area contributed by atoms with Crippen LogP contribution >= 0.6 is 11.8 Å². The van der Waals surface area contributed by atoms with Gasteiger partial charge in [0, 0.05) is 11.3 Å². The molecule has 238 valence electrons. The van der Waals surface area contributed by atoms with E-state index >= 15 is 0 Å². The van der Waals surface area contributed by atoms with Gasteiger partial charge in [0.25, 0.3) is 0 Å². The average molecular weight is 647 g/mol. The number of ether oxygens (including phenoxy) is 2. The fourth-order valence-electron chi connectivity index (χ4n) is 4.59. The molecule has 0 unspecified atom stereocenters. The highest BCUT2D eigenvalue weighted by Gasteiger charge is 2.31. The molecule has 0 aliphatic heterocycles. The van der Waals surface area contributed by atoms with E-state index in [1.54, 1.807) is 54.6 Å². The molecule has 1 heterocycles. The maximum absolute atomic E-state index is 13.6. The number of rotatable bonds is 11. The van der Waals surface area contributed by atoms with Gasteiger partial charge in [-0.15, -0.1) is 10.2 Å². The minimum absolute atomic E-state index is 0.0571. The SMILES string of the molecule is CCC(C)(C)c1ccc(Oc2ccc(NC(=O)CSc3nnc(-c4ccc(OC)cc4)n3-c3cccc(C(F)(F)F)c3)cc2)cc1. The van der Waals surface area contributed by atoms with Gasteiger partial charge in [-0.3, -0.25) is 9.36 Å². The lowest BCUT2D eigenvalue weighted by Gasteiger charge is -2.23. The number of hydrogen-bond donors (Lipinski definition) is 1. The highest BCUT2D eigenvalue weighted by molar-refractivity contribution is 7.99. The molecule has 0 aliphatic rings. The zero-order chi connectivity index (χ0) is 32.9. The van der Waals surface area contributed by atoms with Crippen molar-refractivity contribution in [1.82, 2.24) is 14.8 Å². The molecule has 11 heteroatoms. The number of thioether (sulfide) groups is 1. The highest BCUT2D eigenvalue weighted by atomic mass is 32.2. The van der Waals surface area contributed by atoms with Crippen LogP contribution in [0.1, 0.15) is 38.3 Å². The van der Waals surface area contributed by atoms with Crippen LogP contribution in [0, 0.1) is 0 Å². The van der Waals surface area contributed by atoms with E-state index < -0.39 is 11.7 Å². The van der Waals surface area contributed by atoms with Crippen molar-refractivity contribution in [3.05, 3.63) is 108 Å². The number of nitrogens with zero attached hydrogens (tertiary/aromatic N) is 3. The number of carbonyl (C=O) groups is 1. The Morgan fingerprint density at radius 2 is 1.48 bits per heavy atom. The number of anilines is 1. The van der Waals surface area contributed by atoms with Crippen LogP contribution in [0.5, 0.6) is 17.2 Å². The van der Waals surface area contributed by atoms with Gasteiger partial charge in [0.2, 0.25) is 5.91 Å². The molecule has 1 amide bonds. The van der Waals surface area contributed by atoms with Crippen molar-refractivity contribution in [3.63, 3.8) is 0 Å². The minimum atomic E-state index is -4.53. The van der Waals surface area contributed by atoms with Crippen LogP contribution in [0.3, 0.4) is 0 Å². The Balaban J connectivity index is 1.28. The molecule has 5 aromatic rings. The van der Waals surface area contributed by atoms with E-state index in [4.69, 9.17) is 9.47 Å². The van der Waals surface area contributed by atoms with Crippen LogP contribution in [0.2, 0.25) is 0 Å². The van der Waals surface area contributed by atoms with Crippen molar-refractivity contribution in [2.24, 2.45) is 0 Å². The summed E-state index contributed by atoms with van der Waals surface area (Å²) in [5.41, 5.74) is 1.92. The third-order valence-electron chi connectivity index (χ3n) is 7.64. The molecule has 0 spiro atoms. The second kappa shape index (κ2) is 13.7. The maximum Gasteiger partial charge on any atom is 0.416 e. The zero-order valence-electron chi connectivity index (χ0n) is 25.8. The molecule has 0 bridgehead atoms. The molecule has 0 atom stereocenters. The normalized spacial score (nSPS) is 11.7. The second-order valence-corrected chi connectivity index (χ2v) is 12.1. The van der Waals surface area contributed by atoms with Gasteiger partial charge in [0.15, 0.2) is 11.0 Å². The Hall–Kier alpha value is -4.77. The lowest BCUT2D eigenvalue weighted by molar-refractivity contribution is -0.137. The zero-order valence-corrected chi connectivity index (χ0v) is 26.6. The Kier molecular flexibility index (Phi) is 9.71. The number of benzene rings is 4. The molecule has 7 nitrogen and oxygen atoms in total. The van der Waals surface area contributed by atoms with Crippen LogP contribution in [-0.4, -0.2) is 33.5 Å².